The minimum absolute atomic E-state index is 0.0982. The predicted octanol–water partition coefficient (Wildman–Crippen LogP) is 2.51. The van der Waals surface area contributed by atoms with Crippen molar-refractivity contribution in [2.24, 2.45) is 17.4 Å². The van der Waals surface area contributed by atoms with Crippen LogP contribution in [0.1, 0.15) is 56.4 Å². The summed E-state index contributed by atoms with van der Waals surface area (Å²) in [6.45, 7) is 3.76. The Kier molecular flexibility index (Phi) is 5.14. The van der Waals surface area contributed by atoms with E-state index >= 15 is 0 Å². The Balaban J connectivity index is 2.60. The van der Waals surface area contributed by atoms with Crippen molar-refractivity contribution in [3.05, 3.63) is 70.8 Å². The highest BCUT2D eigenvalue weighted by Crippen LogP contribution is 2.31. The first-order valence-electron chi connectivity index (χ1n) is 7.66. The Bertz CT molecular complexity index is 797. The van der Waals surface area contributed by atoms with Crippen LogP contribution in [0, 0.1) is 5.92 Å². The average molecular weight is 324 g/mol. The van der Waals surface area contributed by atoms with E-state index < -0.39 is 17.7 Å². The Labute approximate surface area is 140 Å². The predicted molar refractivity (Wildman–Crippen MR) is 91.8 cm³/mol. The quantitative estimate of drug-likeness (QED) is 0.798. The summed E-state index contributed by atoms with van der Waals surface area (Å²) in [6.07, 6.45) is 0. The first kappa shape index (κ1) is 17.4. The molecule has 1 atom stereocenters. The molecule has 4 N–H and O–H groups in total. The van der Waals surface area contributed by atoms with Gasteiger partial charge in [0.25, 0.3) is 0 Å². The molecule has 2 aromatic carbocycles. The molecule has 0 aliphatic rings. The van der Waals surface area contributed by atoms with Gasteiger partial charge < -0.3 is 11.5 Å². The minimum Gasteiger partial charge on any atom is -0.366 e. The lowest BCUT2D eigenvalue weighted by molar-refractivity contribution is 0.0921. The number of Topliss-reactive ketones (excluding diaryl/α,β-unsaturated/α-hetero) is 1. The van der Waals surface area contributed by atoms with Crippen LogP contribution in [0.25, 0.3) is 0 Å². The van der Waals surface area contributed by atoms with E-state index in [0.29, 0.717) is 11.1 Å². The second-order valence-electron chi connectivity index (χ2n) is 5.95. The highest BCUT2D eigenvalue weighted by molar-refractivity contribution is 6.11. The average Bonchev–Trinajstić information content (AvgIpc) is 2.54. The number of benzene rings is 2. The fourth-order valence-electron chi connectivity index (χ4n) is 2.88. The van der Waals surface area contributed by atoms with Crippen LogP contribution in [0.5, 0.6) is 0 Å². The van der Waals surface area contributed by atoms with Gasteiger partial charge in [0.2, 0.25) is 11.8 Å². The number of rotatable bonds is 6. The maximum Gasteiger partial charge on any atom is 0.249 e. The number of ketones is 1. The van der Waals surface area contributed by atoms with E-state index in [1.165, 1.54) is 6.07 Å². The zero-order chi connectivity index (χ0) is 17.9. The van der Waals surface area contributed by atoms with Gasteiger partial charge in [0, 0.05) is 16.7 Å². The summed E-state index contributed by atoms with van der Waals surface area (Å²) in [5.41, 5.74) is 12.1. The molecular formula is C19H20N2O3. The zero-order valence-corrected chi connectivity index (χ0v) is 13.7. The van der Waals surface area contributed by atoms with Crippen molar-refractivity contribution in [1.82, 2.24) is 0 Å². The lowest BCUT2D eigenvalue weighted by Crippen LogP contribution is -2.25. The van der Waals surface area contributed by atoms with E-state index in [-0.39, 0.29) is 22.8 Å². The monoisotopic (exact) mass is 324 g/mol. The maximum absolute atomic E-state index is 13.1. The molecule has 0 aliphatic heterocycles. The molecule has 0 spiro atoms. The number of nitrogens with two attached hydrogens (primary N) is 2. The van der Waals surface area contributed by atoms with Gasteiger partial charge in [-0.1, -0.05) is 50.2 Å². The maximum atomic E-state index is 13.1. The van der Waals surface area contributed by atoms with Crippen LogP contribution < -0.4 is 11.5 Å². The molecule has 0 heterocycles. The molecule has 1 unspecified atom stereocenters. The first-order valence-corrected chi connectivity index (χ1v) is 7.66. The van der Waals surface area contributed by atoms with Gasteiger partial charge in [-0.15, -0.1) is 0 Å². The van der Waals surface area contributed by atoms with E-state index in [9.17, 15) is 14.4 Å². The molecule has 2 amide bonds. The van der Waals surface area contributed by atoms with E-state index in [1.54, 1.807) is 42.5 Å². The molecule has 5 heteroatoms. The van der Waals surface area contributed by atoms with Crippen LogP contribution in [0.2, 0.25) is 0 Å². The third-order valence-corrected chi connectivity index (χ3v) is 3.97. The third-order valence-electron chi connectivity index (χ3n) is 3.97. The molecule has 0 bridgehead atoms. The van der Waals surface area contributed by atoms with Crippen molar-refractivity contribution in [3.63, 3.8) is 0 Å². The summed E-state index contributed by atoms with van der Waals surface area (Å²) in [5, 5.41) is 0. The molecule has 0 saturated heterocycles. The summed E-state index contributed by atoms with van der Waals surface area (Å²) in [5.74, 6) is -2.21. The normalized spacial score (nSPS) is 12.0. The van der Waals surface area contributed by atoms with Crippen LogP contribution in [0.15, 0.2) is 48.5 Å². The molecule has 5 nitrogen and oxygen atoms in total. The van der Waals surface area contributed by atoms with Crippen LogP contribution in [-0.4, -0.2) is 17.6 Å². The van der Waals surface area contributed by atoms with E-state index in [1.807, 2.05) is 13.8 Å². The van der Waals surface area contributed by atoms with Gasteiger partial charge in [-0.2, -0.15) is 0 Å². The summed E-state index contributed by atoms with van der Waals surface area (Å²) in [7, 11) is 0. The second kappa shape index (κ2) is 7.08. The summed E-state index contributed by atoms with van der Waals surface area (Å²) in [6, 6.07) is 13.2. The fraction of sp³-hybridized carbons (Fsp3) is 0.211. The molecule has 0 aromatic heterocycles. The molecule has 0 saturated carbocycles. The van der Waals surface area contributed by atoms with Gasteiger partial charge in [0.1, 0.15) is 0 Å². The molecular weight excluding hydrogens is 304 g/mol. The number of carbonyl (C=O) groups excluding carboxylic acids is 3. The summed E-state index contributed by atoms with van der Waals surface area (Å²) >= 11 is 0. The van der Waals surface area contributed by atoms with Gasteiger partial charge in [-0.3, -0.25) is 14.4 Å². The van der Waals surface area contributed by atoms with E-state index in [2.05, 4.69) is 0 Å². The van der Waals surface area contributed by atoms with Crippen LogP contribution in [-0.2, 0) is 0 Å². The Morgan fingerprint density at radius 1 is 0.750 bits per heavy atom. The molecule has 0 radical (unpaired) electrons. The first-order chi connectivity index (χ1) is 11.3. The smallest absolute Gasteiger partial charge is 0.249 e. The zero-order valence-electron chi connectivity index (χ0n) is 13.7. The van der Waals surface area contributed by atoms with Crippen LogP contribution >= 0.6 is 0 Å². The van der Waals surface area contributed by atoms with E-state index in [0.717, 1.165) is 0 Å². The van der Waals surface area contributed by atoms with Crippen molar-refractivity contribution < 1.29 is 14.4 Å². The lowest BCUT2D eigenvalue weighted by atomic mass is 9.79. The summed E-state index contributed by atoms with van der Waals surface area (Å²) < 4.78 is 0. The third kappa shape index (κ3) is 3.35. The number of hydrogen-bond donors (Lipinski definition) is 2. The highest BCUT2D eigenvalue weighted by atomic mass is 16.2. The van der Waals surface area contributed by atoms with Gasteiger partial charge in [0.05, 0.1) is 5.92 Å². The standard InChI is InChI=1S/C19H20N2O3/c1-11(2)16(12-7-3-5-9-14(12)18(20)23)17(22)13-8-4-6-10-15(13)19(21)24/h3-11,16H,1-2H3,(H2,20,23)(H2,21,24). The highest BCUT2D eigenvalue weighted by Gasteiger charge is 2.30. The van der Waals surface area contributed by atoms with Crippen molar-refractivity contribution in [2.75, 3.05) is 0 Å². The number of hydrogen-bond acceptors (Lipinski definition) is 3. The van der Waals surface area contributed by atoms with Crippen molar-refractivity contribution >= 4 is 17.6 Å². The van der Waals surface area contributed by atoms with E-state index in [4.69, 9.17) is 11.5 Å². The Morgan fingerprint density at radius 2 is 1.21 bits per heavy atom. The summed E-state index contributed by atoms with van der Waals surface area (Å²) in [4.78, 5) is 36.5. The molecule has 2 rings (SSSR count). The molecule has 2 aromatic rings. The Hall–Kier alpha value is -2.95. The number of amides is 2. The lowest BCUT2D eigenvalue weighted by Gasteiger charge is -2.23. The second-order valence-corrected chi connectivity index (χ2v) is 5.95. The number of carbonyl (C=O) groups is 3. The molecule has 0 aliphatic carbocycles. The Morgan fingerprint density at radius 3 is 1.71 bits per heavy atom. The van der Waals surface area contributed by atoms with Gasteiger partial charge in [-0.05, 0) is 23.6 Å². The topological polar surface area (TPSA) is 103 Å². The fourth-order valence-corrected chi connectivity index (χ4v) is 2.88. The van der Waals surface area contributed by atoms with Crippen molar-refractivity contribution in [1.29, 1.82) is 0 Å². The minimum atomic E-state index is -0.662. The van der Waals surface area contributed by atoms with Crippen LogP contribution in [0.3, 0.4) is 0 Å². The molecule has 124 valence electrons. The molecule has 0 fully saturated rings. The largest absolute Gasteiger partial charge is 0.366 e. The van der Waals surface area contributed by atoms with Gasteiger partial charge >= 0.3 is 0 Å². The molecule has 24 heavy (non-hydrogen) atoms. The van der Waals surface area contributed by atoms with Crippen molar-refractivity contribution in [2.45, 2.75) is 19.8 Å². The SMILES string of the molecule is CC(C)C(C(=O)c1ccccc1C(N)=O)c1ccccc1C(N)=O. The number of primary amides is 2. The van der Waals surface area contributed by atoms with Crippen molar-refractivity contribution in [3.8, 4) is 0 Å². The van der Waals surface area contributed by atoms with Crippen LogP contribution in [0.4, 0.5) is 0 Å². The van der Waals surface area contributed by atoms with Gasteiger partial charge in [-0.25, -0.2) is 0 Å². The van der Waals surface area contributed by atoms with Gasteiger partial charge in [0.15, 0.2) is 5.78 Å².